The number of aliphatic carboxylic acids is 1. The van der Waals surface area contributed by atoms with Crippen molar-refractivity contribution < 1.29 is 14.7 Å². The zero-order chi connectivity index (χ0) is 14.3. The summed E-state index contributed by atoms with van der Waals surface area (Å²) in [5.41, 5.74) is 0.886. The highest BCUT2D eigenvalue weighted by Crippen LogP contribution is 2.09. The molecule has 19 heavy (non-hydrogen) atoms. The average Bonchev–Trinajstić information content (AvgIpc) is 2.38. The lowest BCUT2D eigenvalue weighted by Gasteiger charge is -2.14. The van der Waals surface area contributed by atoms with Gasteiger partial charge in [-0.05, 0) is 46.7 Å². The molecule has 0 heterocycles. The van der Waals surface area contributed by atoms with Gasteiger partial charge in [0, 0.05) is 16.4 Å². The minimum Gasteiger partial charge on any atom is -0.480 e. The van der Waals surface area contributed by atoms with Gasteiger partial charge in [0.2, 0.25) is 5.91 Å². The van der Waals surface area contributed by atoms with Crippen molar-refractivity contribution in [3.05, 3.63) is 46.1 Å². The highest BCUT2D eigenvalue weighted by Gasteiger charge is 2.19. The SMILES string of the molecule is C=CCCC(=O)NC(Cc1ccc(I)cc1)C(=O)O. The van der Waals surface area contributed by atoms with E-state index in [2.05, 4.69) is 34.5 Å². The van der Waals surface area contributed by atoms with Crippen LogP contribution < -0.4 is 5.32 Å². The van der Waals surface area contributed by atoms with Crippen molar-refractivity contribution in [1.29, 1.82) is 0 Å². The second-order valence-corrected chi connectivity index (χ2v) is 5.36. The fourth-order valence-corrected chi connectivity index (χ4v) is 1.92. The first-order valence-corrected chi connectivity index (χ1v) is 6.98. The zero-order valence-electron chi connectivity index (χ0n) is 10.4. The molecule has 1 unspecified atom stereocenters. The molecule has 1 atom stereocenters. The zero-order valence-corrected chi connectivity index (χ0v) is 12.6. The molecular weight excluding hydrogens is 357 g/mol. The Morgan fingerprint density at radius 2 is 2.00 bits per heavy atom. The van der Waals surface area contributed by atoms with E-state index in [9.17, 15) is 9.59 Å². The largest absolute Gasteiger partial charge is 0.480 e. The Labute approximate surface area is 126 Å². The van der Waals surface area contributed by atoms with Crippen molar-refractivity contribution in [2.75, 3.05) is 0 Å². The van der Waals surface area contributed by atoms with Crippen molar-refractivity contribution in [3.8, 4) is 0 Å². The molecule has 0 aliphatic heterocycles. The molecule has 0 saturated heterocycles. The number of hydrogen-bond donors (Lipinski definition) is 2. The van der Waals surface area contributed by atoms with E-state index in [4.69, 9.17) is 5.11 Å². The molecule has 1 aromatic carbocycles. The molecule has 4 nitrogen and oxygen atoms in total. The van der Waals surface area contributed by atoms with E-state index in [1.807, 2.05) is 24.3 Å². The van der Waals surface area contributed by atoms with Gasteiger partial charge in [-0.3, -0.25) is 4.79 Å². The Balaban J connectivity index is 2.62. The molecule has 0 aliphatic rings. The molecule has 0 radical (unpaired) electrons. The Kier molecular flexibility index (Phi) is 6.55. The molecule has 5 heteroatoms. The van der Waals surface area contributed by atoms with Crippen LogP contribution in [-0.2, 0) is 16.0 Å². The normalized spacial score (nSPS) is 11.6. The Morgan fingerprint density at radius 1 is 1.37 bits per heavy atom. The maximum Gasteiger partial charge on any atom is 0.326 e. The molecule has 1 amide bonds. The number of nitrogens with one attached hydrogen (secondary N) is 1. The summed E-state index contributed by atoms with van der Waals surface area (Å²) < 4.78 is 1.09. The number of carbonyl (C=O) groups is 2. The van der Waals surface area contributed by atoms with Crippen molar-refractivity contribution in [1.82, 2.24) is 5.32 Å². The predicted molar refractivity (Wildman–Crippen MR) is 81.9 cm³/mol. The smallest absolute Gasteiger partial charge is 0.326 e. The van der Waals surface area contributed by atoms with Crippen molar-refractivity contribution in [3.63, 3.8) is 0 Å². The molecule has 102 valence electrons. The van der Waals surface area contributed by atoms with E-state index in [0.717, 1.165) is 9.13 Å². The third-order valence-corrected chi connectivity index (χ3v) is 3.28. The van der Waals surface area contributed by atoms with Crippen LogP contribution in [0.1, 0.15) is 18.4 Å². The molecule has 0 aliphatic carbocycles. The number of amides is 1. The van der Waals surface area contributed by atoms with Crippen LogP contribution in [0.3, 0.4) is 0 Å². The van der Waals surface area contributed by atoms with Gasteiger partial charge < -0.3 is 10.4 Å². The van der Waals surface area contributed by atoms with Crippen LogP contribution in [0, 0.1) is 3.57 Å². The van der Waals surface area contributed by atoms with Crippen LogP contribution in [0.2, 0.25) is 0 Å². The summed E-state index contributed by atoms with van der Waals surface area (Å²) in [4.78, 5) is 22.7. The average molecular weight is 373 g/mol. The van der Waals surface area contributed by atoms with E-state index in [-0.39, 0.29) is 18.7 Å². The molecule has 2 N–H and O–H groups in total. The van der Waals surface area contributed by atoms with Gasteiger partial charge in [-0.2, -0.15) is 0 Å². The van der Waals surface area contributed by atoms with Crippen LogP contribution in [-0.4, -0.2) is 23.0 Å². The van der Waals surface area contributed by atoms with E-state index in [1.165, 1.54) is 0 Å². The molecule has 0 spiro atoms. The molecule has 1 aromatic rings. The Morgan fingerprint density at radius 3 is 2.53 bits per heavy atom. The van der Waals surface area contributed by atoms with Crippen LogP contribution >= 0.6 is 22.6 Å². The van der Waals surface area contributed by atoms with E-state index in [0.29, 0.717) is 6.42 Å². The minimum absolute atomic E-state index is 0.264. The fraction of sp³-hybridized carbons (Fsp3) is 0.286. The van der Waals surface area contributed by atoms with E-state index < -0.39 is 12.0 Å². The number of halogens is 1. The lowest BCUT2D eigenvalue weighted by atomic mass is 10.1. The molecule has 0 fully saturated rings. The van der Waals surface area contributed by atoms with Gasteiger partial charge in [-0.25, -0.2) is 4.79 Å². The number of carboxylic acid groups (broad SMARTS) is 1. The summed E-state index contributed by atoms with van der Waals surface area (Å²) in [5, 5.41) is 11.7. The van der Waals surface area contributed by atoms with E-state index in [1.54, 1.807) is 6.08 Å². The summed E-state index contributed by atoms with van der Waals surface area (Å²) >= 11 is 2.18. The monoisotopic (exact) mass is 373 g/mol. The molecule has 1 rings (SSSR count). The third-order valence-electron chi connectivity index (χ3n) is 2.56. The minimum atomic E-state index is -1.02. The van der Waals surface area contributed by atoms with Gasteiger partial charge in [0.15, 0.2) is 0 Å². The van der Waals surface area contributed by atoms with Gasteiger partial charge in [-0.1, -0.05) is 18.2 Å². The maximum absolute atomic E-state index is 11.5. The van der Waals surface area contributed by atoms with Gasteiger partial charge >= 0.3 is 5.97 Å². The fourth-order valence-electron chi connectivity index (χ4n) is 1.56. The number of carbonyl (C=O) groups excluding carboxylic acids is 1. The molecule has 0 aromatic heterocycles. The second-order valence-electron chi connectivity index (χ2n) is 4.12. The summed E-state index contributed by atoms with van der Waals surface area (Å²) in [6, 6.07) is 6.67. The summed E-state index contributed by atoms with van der Waals surface area (Å²) in [6.07, 6.45) is 2.72. The molecular formula is C14H16INO3. The lowest BCUT2D eigenvalue weighted by Crippen LogP contribution is -2.42. The third kappa shape index (κ3) is 5.87. The number of rotatable bonds is 7. The predicted octanol–water partition coefficient (Wildman–Crippen LogP) is 2.37. The first-order valence-electron chi connectivity index (χ1n) is 5.90. The van der Waals surface area contributed by atoms with Crippen LogP contribution in [0.15, 0.2) is 36.9 Å². The van der Waals surface area contributed by atoms with E-state index >= 15 is 0 Å². The molecule has 0 saturated carbocycles. The summed E-state index contributed by atoms with van der Waals surface area (Å²) in [5.74, 6) is -1.29. The number of benzene rings is 1. The topological polar surface area (TPSA) is 66.4 Å². The summed E-state index contributed by atoms with van der Waals surface area (Å²) in [7, 11) is 0. The van der Waals surface area contributed by atoms with Gasteiger partial charge in [0.1, 0.15) is 6.04 Å². The first kappa shape index (κ1) is 15.7. The Bertz CT molecular complexity index is 456. The lowest BCUT2D eigenvalue weighted by molar-refractivity contribution is -0.141. The van der Waals surface area contributed by atoms with Crippen molar-refractivity contribution in [2.45, 2.75) is 25.3 Å². The van der Waals surface area contributed by atoms with Gasteiger partial charge in [-0.15, -0.1) is 6.58 Å². The summed E-state index contributed by atoms with van der Waals surface area (Å²) in [6.45, 7) is 3.53. The highest BCUT2D eigenvalue weighted by molar-refractivity contribution is 14.1. The maximum atomic E-state index is 11.5. The van der Waals surface area contributed by atoms with Gasteiger partial charge in [0.25, 0.3) is 0 Å². The standard InChI is InChI=1S/C14H16INO3/c1-2-3-4-13(17)16-12(14(18)19)9-10-5-7-11(15)8-6-10/h2,5-8,12H,1,3-4,9H2,(H,16,17)(H,18,19). The van der Waals surface area contributed by atoms with Crippen LogP contribution in [0.25, 0.3) is 0 Å². The highest BCUT2D eigenvalue weighted by atomic mass is 127. The first-order chi connectivity index (χ1) is 9.02. The van der Waals surface area contributed by atoms with Crippen LogP contribution in [0.4, 0.5) is 0 Å². The number of carboxylic acids is 1. The Hall–Kier alpha value is -1.37. The molecule has 0 bridgehead atoms. The quantitative estimate of drug-likeness (QED) is 0.570. The van der Waals surface area contributed by atoms with Crippen LogP contribution in [0.5, 0.6) is 0 Å². The van der Waals surface area contributed by atoms with Gasteiger partial charge in [0.05, 0.1) is 0 Å². The number of hydrogen-bond acceptors (Lipinski definition) is 2. The number of allylic oxidation sites excluding steroid dienone is 1. The second kappa shape index (κ2) is 7.93. The van der Waals surface area contributed by atoms with Crippen molar-refractivity contribution in [2.24, 2.45) is 0 Å². The van der Waals surface area contributed by atoms with Crippen molar-refractivity contribution >= 4 is 34.5 Å².